The monoisotopic (exact) mass is 394 g/mol. The van der Waals surface area contributed by atoms with Gasteiger partial charge in [0.15, 0.2) is 0 Å². The van der Waals surface area contributed by atoms with Gasteiger partial charge >= 0.3 is 11.9 Å². The highest BCUT2D eigenvalue weighted by Gasteiger charge is 2.61. The Morgan fingerprint density at radius 3 is 2.43 bits per heavy atom. The van der Waals surface area contributed by atoms with E-state index in [9.17, 15) is 24.6 Å². The maximum absolute atomic E-state index is 13.6. The minimum Gasteiger partial charge on any atom is -0.481 e. The number of hydrogen-bond acceptors (Lipinski definition) is 5. The number of fused-ring (bicyclic) bond motifs is 1. The van der Waals surface area contributed by atoms with E-state index in [1.807, 2.05) is 6.92 Å². The third-order valence-electron chi connectivity index (χ3n) is 8.37. The van der Waals surface area contributed by atoms with Crippen LogP contribution in [0.2, 0.25) is 0 Å². The summed E-state index contributed by atoms with van der Waals surface area (Å²) >= 11 is 0. The molecule has 0 aliphatic heterocycles. The van der Waals surface area contributed by atoms with Crippen LogP contribution in [0.15, 0.2) is 0 Å². The minimum absolute atomic E-state index is 0.188. The van der Waals surface area contributed by atoms with E-state index in [0.29, 0.717) is 38.5 Å². The quantitative estimate of drug-likeness (QED) is 0.710. The summed E-state index contributed by atoms with van der Waals surface area (Å²) in [5.74, 6) is -1.75. The maximum Gasteiger partial charge on any atom is 0.310 e. The molecule has 3 saturated carbocycles. The third kappa shape index (κ3) is 3.27. The average molecular weight is 395 g/mol. The van der Waals surface area contributed by atoms with Gasteiger partial charge in [0.2, 0.25) is 0 Å². The Kier molecular flexibility index (Phi) is 5.65. The molecule has 8 atom stereocenters. The van der Waals surface area contributed by atoms with E-state index in [1.54, 1.807) is 13.8 Å². The standard InChI is InChI=1S/C22H34O6/c1-12(28-13(2)23)17-7-8-18(22(17,4)20(26)27)16-6-5-14-11-15(24)9-10-21(14,3)19(16)25/h12,14-18,24H,5-11H2,1-4H3,(H,26,27)/t12-,14+,15+,16-,17-,18+,21-,22-/m0/s1. The zero-order valence-corrected chi connectivity index (χ0v) is 17.4. The highest BCUT2D eigenvalue weighted by atomic mass is 16.5. The summed E-state index contributed by atoms with van der Waals surface area (Å²) in [4.78, 5) is 37.4. The van der Waals surface area contributed by atoms with E-state index in [-0.39, 0.29) is 35.6 Å². The molecule has 0 unspecified atom stereocenters. The van der Waals surface area contributed by atoms with Gasteiger partial charge in [-0.25, -0.2) is 0 Å². The fraction of sp³-hybridized carbons (Fsp3) is 0.864. The number of esters is 1. The largest absolute Gasteiger partial charge is 0.481 e. The number of ether oxygens (including phenoxy) is 1. The van der Waals surface area contributed by atoms with Crippen molar-refractivity contribution in [1.82, 2.24) is 0 Å². The van der Waals surface area contributed by atoms with E-state index in [0.717, 1.165) is 6.42 Å². The number of aliphatic carboxylic acids is 1. The van der Waals surface area contributed by atoms with Crippen LogP contribution in [0.5, 0.6) is 0 Å². The summed E-state index contributed by atoms with van der Waals surface area (Å²) in [6.07, 6.45) is 4.03. The molecule has 158 valence electrons. The fourth-order valence-electron chi connectivity index (χ4n) is 6.69. The molecule has 0 radical (unpaired) electrons. The number of aliphatic hydroxyl groups excluding tert-OH is 1. The van der Waals surface area contributed by atoms with Crippen molar-refractivity contribution < 1.29 is 29.3 Å². The van der Waals surface area contributed by atoms with E-state index in [1.165, 1.54) is 6.92 Å². The lowest BCUT2D eigenvalue weighted by Crippen LogP contribution is -2.53. The van der Waals surface area contributed by atoms with Gasteiger partial charge in [-0.1, -0.05) is 6.92 Å². The molecule has 3 fully saturated rings. The first-order valence-electron chi connectivity index (χ1n) is 10.6. The summed E-state index contributed by atoms with van der Waals surface area (Å²) in [6, 6.07) is 0. The topological polar surface area (TPSA) is 101 Å². The Morgan fingerprint density at radius 1 is 1.14 bits per heavy atom. The van der Waals surface area contributed by atoms with Crippen LogP contribution in [0.1, 0.15) is 72.6 Å². The van der Waals surface area contributed by atoms with Gasteiger partial charge in [0.25, 0.3) is 0 Å². The Hall–Kier alpha value is -1.43. The van der Waals surface area contributed by atoms with Crippen LogP contribution < -0.4 is 0 Å². The molecule has 3 rings (SSSR count). The molecule has 0 spiro atoms. The first-order valence-corrected chi connectivity index (χ1v) is 10.6. The van der Waals surface area contributed by atoms with Gasteiger partial charge in [-0.15, -0.1) is 0 Å². The molecular formula is C22H34O6. The molecular weight excluding hydrogens is 360 g/mol. The van der Waals surface area contributed by atoms with E-state index in [4.69, 9.17) is 4.74 Å². The van der Waals surface area contributed by atoms with Crippen molar-refractivity contribution in [2.45, 2.75) is 84.8 Å². The van der Waals surface area contributed by atoms with Gasteiger partial charge in [-0.2, -0.15) is 0 Å². The Morgan fingerprint density at radius 2 is 1.82 bits per heavy atom. The number of carbonyl (C=O) groups is 3. The SMILES string of the molecule is CC(=O)O[C@@H](C)[C@@H]1CC[C@H]([C@@H]2CC[C@@H]3C[C@H](O)CC[C@]3(C)C2=O)[C@@]1(C)C(=O)O. The zero-order valence-electron chi connectivity index (χ0n) is 17.4. The van der Waals surface area contributed by atoms with Crippen molar-refractivity contribution in [3.05, 3.63) is 0 Å². The second-order valence-electron chi connectivity index (χ2n) is 9.78. The van der Waals surface area contributed by atoms with Crippen molar-refractivity contribution in [2.24, 2.45) is 34.5 Å². The molecule has 6 nitrogen and oxygen atoms in total. The Balaban J connectivity index is 1.87. The molecule has 28 heavy (non-hydrogen) atoms. The Bertz CT molecular complexity index is 659. The predicted molar refractivity (Wildman–Crippen MR) is 102 cm³/mol. The number of Topliss-reactive ketones (excluding diaryl/α,β-unsaturated/α-hetero) is 1. The van der Waals surface area contributed by atoms with Crippen molar-refractivity contribution in [1.29, 1.82) is 0 Å². The third-order valence-corrected chi connectivity index (χ3v) is 8.37. The molecule has 0 bridgehead atoms. The van der Waals surface area contributed by atoms with Crippen molar-refractivity contribution in [3.63, 3.8) is 0 Å². The number of ketones is 1. The number of rotatable bonds is 4. The lowest BCUT2D eigenvalue weighted by Gasteiger charge is -2.50. The molecule has 6 heteroatoms. The first-order chi connectivity index (χ1) is 13.0. The van der Waals surface area contributed by atoms with Gasteiger partial charge in [0.05, 0.1) is 11.5 Å². The van der Waals surface area contributed by atoms with Crippen molar-refractivity contribution in [3.8, 4) is 0 Å². The minimum atomic E-state index is -1.09. The van der Waals surface area contributed by atoms with Crippen LogP contribution in [0.4, 0.5) is 0 Å². The van der Waals surface area contributed by atoms with Crippen LogP contribution in [-0.4, -0.2) is 40.1 Å². The number of hydrogen-bond donors (Lipinski definition) is 2. The van der Waals surface area contributed by atoms with Crippen molar-refractivity contribution in [2.75, 3.05) is 0 Å². The summed E-state index contributed by atoms with van der Waals surface area (Å²) in [6.45, 7) is 6.86. The lowest BCUT2D eigenvalue weighted by molar-refractivity contribution is -0.167. The molecule has 0 heterocycles. The summed E-state index contributed by atoms with van der Waals surface area (Å²) < 4.78 is 5.34. The highest BCUT2D eigenvalue weighted by molar-refractivity contribution is 5.89. The number of carboxylic acid groups (broad SMARTS) is 1. The Labute approximate surface area is 167 Å². The molecule has 0 amide bonds. The fourth-order valence-corrected chi connectivity index (χ4v) is 6.69. The zero-order chi connectivity index (χ0) is 20.9. The first kappa shape index (κ1) is 21.3. The second kappa shape index (κ2) is 7.43. The van der Waals surface area contributed by atoms with E-state index in [2.05, 4.69) is 0 Å². The molecule has 0 saturated heterocycles. The smallest absolute Gasteiger partial charge is 0.310 e. The van der Waals surface area contributed by atoms with E-state index < -0.39 is 28.9 Å². The number of aliphatic hydroxyl groups is 1. The maximum atomic E-state index is 13.6. The lowest BCUT2D eigenvalue weighted by atomic mass is 9.53. The average Bonchev–Trinajstić information content (AvgIpc) is 2.95. The number of carbonyl (C=O) groups excluding carboxylic acids is 2. The molecule has 0 aromatic rings. The molecule has 0 aromatic carbocycles. The summed E-state index contributed by atoms with van der Waals surface area (Å²) in [5.41, 5.74) is -1.55. The molecule has 2 N–H and O–H groups in total. The van der Waals surface area contributed by atoms with Gasteiger partial charge < -0.3 is 14.9 Å². The van der Waals surface area contributed by atoms with Crippen LogP contribution in [0, 0.1) is 34.5 Å². The summed E-state index contributed by atoms with van der Waals surface area (Å²) in [7, 11) is 0. The van der Waals surface area contributed by atoms with Crippen LogP contribution in [0.3, 0.4) is 0 Å². The van der Waals surface area contributed by atoms with Gasteiger partial charge in [-0.05, 0) is 70.6 Å². The molecule has 3 aliphatic rings. The van der Waals surface area contributed by atoms with Gasteiger partial charge in [0.1, 0.15) is 11.9 Å². The normalized spacial score (nSPS) is 44.6. The predicted octanol–water partition coefficient (Wildman–Crippen LogP) is 3.20. The summed E-state index contributed by atoms with van der Waals surface area (Å²) in [5, 5.41) is 20.2. The van der Waals surface area contributed by atoms with Gasteiger partial charge in [-0.3, -0.25) is 14.4 Å². The van der Waals surface area contributed by atoms with E-state index >= 15 is 0 Å². The van der Waals surface area contributed by atoms with Crippen LogP contribution in [-0.2, 0) is 19.1 Å². The van der Waals surface area contributed by atoms with Crippen LogP contribution in [0.25, 0.3) is 0 Å². The van der Waals surface area contributed by atoms with Gasteiger partial charge in [0, 0.05) is 24.2 Å². The second-order valence-corrected chi connectivity index (χ2v) is 9.78. The van der Waals surface area contributed by atoms with Crippen LogP contribution >= 0.6 is 0 Å². The highest BCUT2D eigenvalue weighted by Crippen LogP contribution is 2.58. The molecule has 3 aliphatic carbocycles. The molecule has 0 aromatic heterocycles. The van der Waals surface area contributed by atoms with Crippen molar-refractivity contribution >= 4 is 17.7 Å². The number of carboxylic acids is 1.